The van der Waals surface area contributed by atoms with Crippen LogP contribution >= 0.6 is 0 Å². The van der Waals surface area contributed by atoms with Gasteiger partial charge in [0, 0.05) is 18.8 Å². The van der Waals surface area contributed by atoms with E-state index in [-0.39, 0.29) is 11.9 Å². The van der Waals surface area contributed by atoms with Gasteiger partial charge in [0.1, 0.15) is 11.6 Å². The van der Waals surface area contributed by atoms with E-state index in [1.807, 2.05) is 6.92 Å². The molecule has 0 aromatic carbocycles. The Morgan fingerprint density at radius 1 is 1.53 bits per heavy atom. The van der Waals surface area contributed by atoms with Crippen LogP contribution in [-0.4, -0.2) is 40.4 Å². The molecule has 2 rings (SSSR count). The number of aromatic nitrogens is 2. The Labute approximate surface area is 113 Å². The molecule has 1 aromatic heterocycles. The highest BCUT2D eigenvalue weighted by molar-refractivity contribution is 5.81. The van der Waals surface area contributed by atoms with Gasteiger partial charge in [-0.3, -0.25) is 9.69 Å². The third-order valence-electron chi connectivity index (χ3n) is 3.43. The van der Waals surface area contributed by atoms with Crippen molar-refractivity contribution in [1.29, 1.82) is 0 Å². The highest BCUT2D eigenvalue weighted by Gasteiger charge is 2.28. The topological polar surface area (TPSA) is 84.1 Å². The van der Waals surface area contributed by atoms with Gasteiger partial charge in [-0.15, -0.1) is 0 Å². The molecular weight excluding hydrogens is 242 g/mol. The number of nitrogens with two attached hydrogens (primary N) is 1. The lowest BCUT2D eigenvalue weighted by atomic mass is 10.0. The molecule has 0 spiro atoms. The van der Waals surface area contributed by atoms with Crippen LogP contribution in [0.4, 0.5) is 5.82 Å². The first kappa shape index (κ1) is 13.7. The fourth-order valence-corrected chi connectivity index (χ4v) is 2.55. The van der Waals surface area contributed by atoms with Crippen molar-refractivity contribution in [3.63, 3.8) is 0 Å². The van der Waals surface area contributed by atoms with Gasteiger partial charge in [-0.2, -0.15) is 0 Å². The molecule has 104 valence electrons. The van der Waals surface area contributed by atoms with Crippen LogP contribution in [0.3, 0.4) is 0 Å². The van der Waals surface area contributed by atoms with Crippen LogP contribution in [0, 0.1) is 6.92 Å². The van der Waals surface area contributed by atoms with Crippen molar-refractivity contribution in [1.82, 2.24) is 20.2 Å². The molecule has 1 atom stereocenters. The van der Waals surface area contributed by atoms with Gasteiger partial charge in [-0.1, -0.05) is 6.42 Å². The molecule has 1 amide bonds. The maximum absolute atomic E-state index is 11.9. The number of likely N-dealkylation sites (tertiary alicyclic amines) is 1. The first-order valence-electron chi connectivity index (χ1n) is 6.66. The van der Waals surface area contributed by atoms with Crippen LogP contribution in [0.15, 0.2) is 6.07 Å². The minimum atomic E-state index is -0.0795. The molecule has 1 saturated heterocycles. The standard InChI is InChI=1S/C13H21N5O/c1-9-7-11(14)17-12(16-9)8-18-6-4-3-5-10(18)13(19)15-2/h7,10H,3-6,8H2,1-2H3,(H,15,19)(H2,14,16,17). The summed E-state index contributed by atoms with van der Waals surface area (Å²) in [5, 5.41) is 2.73. The molecule has 0 radical (unpaired) electrons. The van der Waals surface area contributed by atoms with Crippen LogP contribution in [0.2, 0.25) is 0 Å². The second-order valence-corrected chi connectivity index (χ2v) is 4.95. The Balaban J connectivity index is 2.12. The van der Waals surface area contributed by atoms with Crippen LogP contribution in [-0.2, 0) is 11.3 Å². The zero-order valence-electron chi connectivity index (χ0n) is 11.5. The van der Waals surface area contributed by atoms with Gasteiger partial charge in [-0.05, 0) is 26.3 Å². The molecule has 2 heterocycles. The molecule has 0 aliphatic carbocycles. The Hall–Kier alpha value is -1.69. The number of piperidine rings is 1. The van der Waals surface area contributed by atoms with E-state index in [9.17, 15) is 4.79 Å². The molecule has 1 fully saturated rings. The smallest absolute Gasteiger partial charge is 0.237 e. The summed E-state index contributed by atoms with van der Waals surface area (Å²) >= 11 is 0. The number of carbonyl (C=O) groups is 1. The number of rotatable bonds is 3. The fourth-order valence-electron chi connectivity index (χ4n) is 2.55. The Morgan fingerprint density at radius 2 is 2.32 bits per heavy atom. The lowest BCUT2D eigenvalue weighted by Gasteiger charge is -2.33. The van der Waals surface area contributed by atoms with Crippen LogP contribution < -0.4 is 11.1 Å². The van der Waals surface area contributed by atoms with Gasteiger partial charge >= 0.3 is 0 Å². The summed E-state index contributed by atoms with van der Waals surface area (Å²) in [6, 6.07) is 1.67. The zero-order chi connectivity index (χ0) is 13.8. The largest absolute Gasteiger partial charge is 0.384 e. The highest BCUT2D eigenvalue weighted by Crippen LogP contribution is 2.19. The van der Waals surface area contributed by atoms with Crippen molar-refractivity contribution in [2.75, 3.05) is 19.3 Å². The van der Waals surface area contributed by atoms with Gasteiger partial charge in [0.15, 0.2) is 0 Å². The monoisotopic (exact) mass is 263 g/mol. The number of nitrogens with one attached hydrogen (secondary N) is 1. The second-order valence-electron chi connectivity index (χ2n) is 4.95. The number of carbonyl (C=O) groups excluding carboxylic acids is 1. The molecule has 1 aliphatic rings. The first-order chi connectivity index (χ1) is 9.10. The minimum absolute atomic E-state index is 0.0697. The van der Waals surface area contributed by atoms with Crippen LogP contribution in [0.5, 0.6) is 0 Å². The number of nitrogens with zero attached hydrogens (tertiary/aromatic N) is 3. The van der Waals surface area contributed by atoms with Gasteiger partial charge in [0.05, 0.1) is 12.6 Å². The first-order valence-corrected chi connectivity index (χ1v) is 6.66. The number of hydrogen-bond donors (Lipinski definition) is 2. The minimum Gasteiger partial charge on any atom is -0.384 e. The molecule has 1 aliphatic heterocycles. The molecule has 6 heteroatoms. The SMILES string of the molecule is CNC(=O)C1CCCCN1Cc1nc(C)cc(N)n1. The maximum atomic E-state index is 11.9. The molecule has 3 N–H and O–H groups in total. The number of aryl methyl sites for hydroxylation is 1. The lowest BCUT2D eigenvalue weighted by molar-refractivity contribution is -0.127. The molecule has 6 nitrogen and oxygen atoms in total. The summed E-state index contributed by atoms with van der Waals surface area (Å²) in [5.74, 6) is 1.24. The van der Waals surface area contributed by atoms with E-state index in [0.717, 1.165) is 31.5 Å². The summed E-state index contributed by atoms with van der Waals surface area (Å²) in [6.07, 6.45) is 3.08. The summed E-state index contributed by atoms with van der Waals surface area (Å²) in [4.78, 5) is 22.6. The maximum Gasteiger partial charge on any atom is 0.237 e. The predicted octanol–water partition coefficient (Wildman–Crippen LogP) is 0.468. The van der Waals surface area contributed by atoms with Crippen molar-refractivity contribution in [3.05, 3.63) is 17.6 Å². The molecule has 0 saturated carbocycles. The third kappa shape index (κ3) is 3.41. The van der Waals surface area contributed by atoms with Crippen molar-refractivity contribution in [2.45, 2.75) is 38.8 Å². The number of nitrogen functional groups attached to an aromatic ring is 1. The van der Waals surface area contributed by atoms with Gasteiger partial charge in [0.25, 0.3) is 0 Å². The van der Waals surface area contributed by atoms with Gasteiger partial charge < -0.3 is 11.1 Å². The van der Waals surface area contributed by atoms with E-state index in [4.69, 9.17) is 5.73 Å². The third-order valence-corrected chi connectivity index (χ3v) is 3.43. The number of hydrogen-bond acceptors (Lipinski definition) is 5. The number of anilines is 1. The molecule has 19 heavy (non-hydrogen) atoms. The Morgan fingerprint density at radius 3 is 3.00 bits per heavy atom. The van der Waals surface area contributed by atoms with Crippen molar-refractivity contribution in [3.8, 4) is 0 Å². The summed E-state index contributed by atoms with van der Waals surface area (Å²) < 4.78 is 0. The quantitative estimate of drug-likeness (QED) is 0.828. The molecule has 1 unspecified atom stereocenters. The Kier molecular flexibility index (Phi) is 4.31. The average Bonchev–Trinajstić information content (AvgIpc) is 2.37. The van der Waals surface area contributed by atoms with E-state index >= 15 is 0 Å². The van der Waals surface area contributed by atoms with Crippen molar-refractivity contribution in [2.24, 2.45) is 0 Å². The van der Waals surface area contributed by atoms with E-state index in [0.29, 0.717) is 18.2 Å². The molecular formula is C13H21N5O. The molecule has 1 aromatic rings. The van der Waals surface area contributed by atoms with Crippen molar-refractivity contribution < 1.29 is 4.79 Å². The van der Waals surface area contributed by atoms with E-state index in [1.165, 1.54) is 0 Å². The van der Waals surface area contributed by atoms with E-state index in [1.54, 1.807) is 13.1 Å². The normalized spacial score (nSPS) is 20.2. The fraction of sp³-hybridized carbons (Fsp3) is 0.615. The zero-order valence-corrected chi connectivity index (χ0v) is 11.5. The second kappa shape index (κ2) is 5.97. The highest BCUT2D eigenvalue weighted by atomic mass is 16.2. The van der Waals surface area contributed by atoms with Crippen LogP contribution in [0.25, 0.3) is 0 Å². The predicted molar refractivity (Wildman–Crippen MR) is 73.3 cm³/mol. The average molecular weight is 263 g/mol. The molecule has 0 bridgehead atoms. The summed E-state index contributed by atoms with van der Waals surface area (Å²) in [5.41, 5.74) is 6.59. The van der Waals surface area contributed by atoms with Gasteiger partial charge in [-0.25, -0.2) is 9.97 Å². The van der Waals surface area contributed by atoms with Crippen LogP contribution in [0.1, 0.15) is 30.8 Å². The Bertz CT molecular complexity index is 442. The number of amides is 1. The summed E-state index contributed by atoms with van der Waals surface area (Å²) in [6.45, 7) is 3.37. The van der Waals surface area contributed by atoms with Gasteiger partial charge in [0.2, 0.25) is 5.91 Å². The van der Waals surface area contributed by atoms with E-state index in [2.05, 4.69) is 20.2 Å². The lowest BCUT2D eigenvalue weighted by Crippen LogP contribution is -2.48. The van der Waals surface area contributed by atoms with E-state index < -0.39 is 0 Å². The van der Waals surface area contributed by atoms with Crippen molar-refractivity contribution >= 4 is 11.7 Å². The summed E-state index contributed by atoms with van der Waals surface area (Å²) in [7, 11) is 1.68. The number of likely N-dealkylation sites (N-methyl/N-ethyl adjacent to an activating group) is 1.